The van der Waals surface area contributed by atoms with E-state index >= 15 is 0 Å². The Balaban J connectivity index is 1.58. The van der Waals surface area contributed by atoms with Gasteiger partial charge in [-0.1, -0.05) is 24.3 Å². The molecule has 1 N–H and O–H groups in total. The van der Waals surface area contributed by atoms with Gasteiger partial charge in [-0.15, -0.1) is 11.3 Å². The van der Waals surface area contributed by atoms with E-state index in [0.717, 1.165) is 16.2 Å². The second-order valence-electron chi connectivity index (χ2n) is 5.99. The van der Waals surface area contributed by atoms with Gasteiger partial charge < -0.3 is 0 Å². The van der Waals surface area contributed by atoms with Crippen molar-refractivity contribution in [3.8, 4) is 11.3 Å². The number of ketones is 1. The van der Waals surface area contributed by atoms with Crippen LogP contribution in [0.4, 0.5) is 5.69 Å². The van der Waals surface area contributed by atoms with Crippen molar-refractivity contribution in [3.63, 3.8) is 0 Å². The number of hydrogen-bond acceptors (Lipinski definition) is 5. The van der Waals surface area contributed by atoms with E-state index < -0.39 is 10.0 Å². The fourth-order valence-corrected chi connectivity index (χ4v) is 4.48. The zero-order valence-electron chi connectivity index (χ0n) is 14.3. The summed E-state index contributed by atoms with van der Waals surface area (Å²) in [7, 11) is -3.78. The number of carbonyl (C=O) groups is 1. The average molecular weight is 397 g/mol. The van der Waals surface area contributed by atoms with Crippen LogP contribution in [0.3, 0.4) is 0 Å². The normalized spacial score (nSPS) is 11.6. The van der Waals surface area contributed by atoms with E-state index in [4.69, 9.17) is 0 Å². The Kier molecular flexibility index (Phi) is 4.29. The predicted octanol–water partition coefficient (Wildman–Crippen LogP) is 4.07. The lowest BCUT2D eigenvalue weighted by molar-refractivity contribution is 0.101. The van der Waals surface area contributed by atoms with E-state index in [2.05, 4.69) is 9.71 Å². The Morgan fingerprint density at radius 3 is 2.63 bits per heavy atom. The zero-order valence-corrected chi connectivity index (χ0v) is 15.9. The van der Waals surface area contributed by atoms with Gasteiger partial charge in [0.1, 0.15) is 0 Å². The largest absolute Gasteiger partial charge is 0.297 e. The van der Waals surface area contributed by atoms with Crippen LogP contribution < -0.4 is 4.72 Å². The lowest BCUT2D eigenvalue weighted by Gasteiger charge is -2.09. The Morgan fingerprint density at radius 1 is 1.15 bits per heavy atom. The van der Waals surface area contributed by atoms with Crippen LogP contribution >= 0.6 is 11.3 Å². The summed E-state index contributed by atoms with van der Waals surface area (Å²) in [5.41, 5.74) is 2.51. The van der Waals surface area contributed by atoms with Gasteiger partial charge in [0.15, 0.2) is 10.7 Å². The molecule has 0 aliphatic rings. The minimum Gasteiger partial charge on any atom is -0.297 e. The average Bonchev–Trinajstić information content (AvgIpc) is 3.24. The molecule has 0 saturated carbocycles. The standard InChI is InChI=1S/C19H15N3O3S2/c1-13(23)15-3-2-4-17(11-15)27(24,25)21-16-7-5-14(6-8-16)18-12-22-9-10-26-19(22)20-18/h2-12,21H,1H3. The molecule has 0 radical (unpaired) electrons. The number of anilines is 1. The van der Waals surface area contributed by atoms with Gasteiger partial charge in [0, 0.05) is 34.6 Å². The van der Waals surface area contributed by atoms with Gasteiger partial charge in [-0.25, -0.2) is 13.4 Å². The van der Waals surface area contributed by atoms with E-state index in [1.165, 1.54) is 19.1 Å². The van der Waals surface area contributed by atoms with Crippen LogP contribution in [0.25, 0.3) is 16.2 Å². The second-order valence-corrected chi connectivity index (χ2v) is 8.54. The topological polar surface area (TPSA) is 80.5 Å². The fourth-order valence-electron chi connectivity index (χ4n) is 2.67. The van der Waals surface area contributed by atoms with Gasteiger partial charge in [-0.3, -0.25) is 13.9 Å². The van der Waals surface area contributed by atoms with E-state index in [1.54, 1.807) is 35.6 Å². The molecule has 0 aliphatic carbocycles. The third kappa shape index (κ3) is 3.49. The van der Waals surface area contributed by atoms with Crippen molar-refractivity contribution in [3.05, 3.63) is 71.9 Å². The highest BCUT2D eigenvalue weighted by molar-refractivity contribution is 7.92. The molecule has 2 aromatic heterocycles. The molecule has 8 heteroatoms. The molecule has 4 rings (SSSR count). The number of nitrogens with one attached hydrogen (secondary N) is 1. The third-order valence-corrected chi connectivity index (χ3v) is 6.23. The van der Waals surface area contributed by atoms with Crippen LogP contribution in [0.2, 0.25) is 0 Å². The number of Topliss-reactive ketones (excluding diaryl/α,β-unsaturated/α-hetero) is 1. The number of thiazole rings is 1. The van der Waals surface area contributed by atoms with Crippen LogP contribution in [0.1, 0.15) is 17.3 Å². The van der Waals surface area contributed by atoms with E-state index in [1.807, 2.05) is 34.3 Å². The Hall–Kier alpha value is -2.97. The molecule has 0 unspecified atom stereocenters. The zero-order chi connectivity index (χ0) is 19.0. The van der Waals surface area contributed by atoms with Crippen molar-refractivity contribution in [2.75, 3.05) is 4.72 Å². The molecule has 0 atom stereocenters. The number of sulfonamides is 1. The summed E-state index contributed by atoms with van der Waals surface area (Å²) in [5.74, 6) is -0.184. The molecule has 27 heavy (non-hydrogen) atoms. The summed E-state index contributed by atoms with van der Waals surface area (Å²) < 4.78 is 29.6. The summed E-state index contributed by atoms with van der Waals surface area (Å²) in [4.78, 5) is 17.0. The van der Waals surface area contributed by atoms with Crippen LogP contribution in [0.5, 0.6) is 0 Å². The van der Waals surface area contributed by atoms with Gasteiger partial charge in [-0.2, -0.15) is 0 Å². The molecule has 0 bridgehead atoms. The first-order chi connectivity index (χ1) is 12.9. The highest BCUT2D eigenvalue weighted by Gasteiger charge is 2.16. The number of fused-ring (bicyclic) bond motifs is 1. The summed E-state index contributed by atoms with van der Waals surface area (Å²) >= 11 is 1.55. The monoisotopic (exact) mass is 397 g/mol. The van der Waals surface area contributed by atoms with Crippen molar-refractivity contribution < 1.29 is 13.2 Å². The number of rotatable bonds is 5. The highest BCUT2D eigenvalue weighted by Crippen LogP contribution is 2.24. The van der Waals surface area contributed by atoms with Gasteiger partial charge in [0.25, 0.3) is 10.0 Å². The number of aromatic nitrogens is 2. The van der Waals surface area contributed by atoms with Crippen LogP contribution in [-0.2, 0) is 10.0 Å². The maximum atomic E-state index is 12.6. The molecular formula is C19H15N3O3S2. The summed E-state index contributed by atoms with van der Waals surface area (Å²) in [6.07, 6.45) is 3.87. The van der Waals surface area contributed by atoms with Gasteiger partial charge in [-0.05, 0) is 31.2 Å². The van der Waals surface area contributed by atoms with Crippen molar-refractivity contribution in [2.24, 2.45) is 0 Å². The van der Waals surface area contributed by atoms with E-state index in [-0.39, 0.29) is 10.7 Å². The van der Waals surface area contributed by atoms with E-state index in [0.29, 0.717) is 11.3 Å². The number of hydrogen-bond donors (Lipinski definition) is 1. The van der Waals surface area contributed by atoms with E-state index in [9.17, 15) is 13.2 Å². The molecule has 0 saturated heterocycles. The van der Waals surface area contributed by atoms with Crippen LogP contribution in [0, 0.1) is 0 Å². The first-order valence-electron chi connectivity index (χ1n) is 8.09. The Labute approximate surface area is 160 Å². The molecule has 2 aromatic carbocycles. The third-order valence-electron chi connectivity index (χ3n) is 4.08. The molecule has 0 fully saturated rings. The molecule has 0 aliphatic heterocycles. The Morgan fingerprint density at radius 2 is 1.93 bits per heavy atom. The lowest BCUT2D eigenvalue weighted by atomic mass is 10.1. The van der Waals surface area contributed by atoms with Crippen molar-refractivity contribution in [1.29, 1.82) is 0 Å². The van der Waals surface area contributed by atoms with Crippen molar-refractivity contribution >= 4 is 37.8 Å². The maximum absolute atomic E-state index is 12.6. The predicted molar refractivity (Wildman–Crippen MR) is 106 cm³/mol. The molecule has 6 nitrogen and oxygen atoms in total. The molecule has 136 valence electrons. The SMILES string of the molecule is CC(=O)c1cccc(S(=O)(=O)Nc2ccc(-c3cn4ccsc4n3)cc2)c1. The van der Waals surface area contributed by atoms with Crippen molar-refractivity contribution in [1.82, 2.24) is 9.38 Å². The van der Waals surface area contributed by atoms with Gasteiger partial charge >= 0.3 is 0 Å². The smallest absolute Gasteiger partial charge is 0.261 e. The number of imidazole rings is 1. The molecule has 0 spiro atoms. The molecule has 0 amide bonds. The van der Waals surface area contributed by atoms with Gasteiger partial charge in [0.2, 0.25) is 0 Å². The fraction of sp³-hybridized carbons (Fsp3) is 0.0526. The summed E-state index contributed by atoms with van der Waals surface area (Å²) in [5, 5.41) is 1.96. The lowest BCUT2D eigenvalue weighted by Crippen LogP contribution is -2.13. The van der Waals surface area contributed by atoms with Crippen LogP contribution in [-0.4, -0.2) is 23.6 Å². The maximum Gasteiger partial charge on any atom is 0.261 e. The highest BCUT2D eigenvalue weighted by atomic mass is 32.2. The molecular weight excluding hydrogens is 382 g/mol. The first kappa shape index (κ1) is 17.4. The summed E-state index contributed by atoms with van der Waals surface area (Å²) in [6.45, 7) is 1.40. The van der Waals surface area contributed by atoms with Gasteiger partial charge in [0.05, 0.1) is 10.6 Å². The first-order valence-corrected chi connectivity index (χ1v) is 10.5. The number of carbonyl (C=O) groups excluding carboxylic acids is 1. The minimum absolute atomic E-state index is 0.0496. The quantitative estimate of drug-likeness (QED) is 0.515. The summed E-state index contributed by atoms with van der Waals surface area (Å²) in [6, 6.07) is 13.0. The Bertz CT molecular complexity index is 1210. The number of nitrogens with zero attached hydrogens (tertiary/aromatic N) is 2. The number of benzene rings is 2. The second kappa shape index (κ2) is 6.64. The minimum atomic E-state index is -3.78. The van der Waals surface area contributed by atoms with Crippen LogP contribution in [0.15, 0.2) is 71.2 Å². The molecule has 2 heterocycles. The molecule has 4 aromatic rings. The van der Waals surface area contributed by atoms with Crippen molar-refractivity contribution in [2.45, 2.75) is 11.8 Å².